The van der Waals surface area contributed by atoms with Crippen LogP contribution in [0.4, 0.5) is 0 Å². The Labute approximate surface area is 118 Å². The van der Waals surface area contributed by atoms with Crippen molar-refractivity contribution in [3.8, 4) is 0 Å². The fraction of sp³-hybridized carbons (Fsp3) is 0.429. The minimum atomic E-state index is -0.139. The van der Waals surface area contributed by atoms with Crippen LogP contribution in [0, 0.1) is 0 Å². The van der Waals surface area contributed by atoms with E-state index in [2.05, 4.69) is 23.8 Å². The summed E-state index contributed by atoms with van der Waals surface area (Å²) >= 11 is 5.91. The molecule has 0 spiro atoms. The smallest absolute Gasteiger partial charge is 0.251 e. The number of nitrogens with zero attached hydrogens (tertiary/aromatic N) is 1. The lowest BCUT2D eigenvalue weighted by molar-refractivity contribution is 0.0950. The zero-order chi connectivity index (χ0) is 14.1. The molecule has 1 rings (SSSR count). The SMILES string of the molecule is C=COCCCNC(=O)c1cc(Cl)nc(CCC)c1. The van der Waals surface area contributed by atoms with Crippen molar-refractivity contribution in [2.45, 2.75) is 26.2 Å². The lowest BCUT2D eigenvalue weighted by Gasteiger charge is -2.07. The van der Waals surface area contributed by atoms with Crippen LogP contribution < -0.4 is 5.32 Å². The van der Waals surface area contributed by atoms with Gasteiger partial charge in [-0.15, -0.1) is 0 Å². The first-order chi connectivity index (χ1) is 9.17. The summed E-state index contributed by atoms with van der Waals surface area (Å²) in [7, 11) is 0. The molecule has 0 fully saturated rings. The fourth-order valence-corrected chi connectivity index (χ4v) is 1.84. The standard InChI is InChI=1S/C14H19ClN2O2/c1-3-6-12-9-11(10-13(15)17-12)14(18)16-7-5-8-19-4-2/h4,9-10H,2-3,5-8H2,1H3,(H,16,18). The Kier molecular flexibility index (Phi) is 6.97. The van der Waals surface area contributed by atoms with Gasteiger partial charge in [-0.2, -0.15) is 0 Å². The van der Waals surface area contributed by atoms with E-state index in [1.165, 1.54) is 6.26 Å². The van der Waals surface area contributed by atoms with Gasteiger partial charge in [-0.25, -0.2) is 4.98 Å². The quantitative estimate of drug-likeness (QED) is 0.453. The second kappa shape index (κ2) is 8.53. The van der Waals surface area contributed by atoms with Crippen LogP contribution in [0.15, 0.2) is 25.0 Å². The molecule has 1 aromatic heterocycles. The van der Waals surface area contributed by atoms with E-state index in [0.717, 1.165) is 25.0 Å². The summed E-state index contributed by atoms with van der Waals surface area (Å²) in [6.07, 6.45) is 3.90. The van der Waals surface area contributed by atoms with Crippen molar-refractivity contribution < 1.29 is 9.53 Å². The summed E-state index contributed by atoms with van der Waals surface area (Å²) in [6.45, 7) is 6.60. The molecule has 0 radical (unpaired) electrons. The minimum absolute atomic E-state index is 0.139. The van der Waals surface area contributed by atoms with Gasteiger partial charge in [-0.05, 0) is 25.0 Å². The Balaban J connectivity index is 2.53. The second-order valence-corrected chi connectivity index (χ2v) is 4.45. The molecule has 0 saturated carbocycles. The molecule has 0 aliphatic rings. The van der Waals surface area contributed by atoms with E-state index in [9.17, 15) is 4.79 Å². The molecule has 0 aliphatic carbocycles. The van der Waals surface area contributed by atoms with Crippen molar-refractivity contribution in [2.24, 2.45) is 0 Å². The molecular formula is C14H19ClN2O2. The number of aromatic nitrogens is 1. The average molecular weight is 283 g/mol. The van der Waals surface area contributed by atoms with Crippen LogP contribution in [0.25, 0.3) is 0 Å². The third-order valence-electron chi connectivity index (χ3n) is 2.46. The van der Waals surface area contributed by atoms with Crippen molar-refractivity contribution in [1.82, 2.24) is 10.3 Å². The largest absolute Gasteiger partial charge is 0.502 e. The number of aryl methyl sites for hydroxylation is 1. The molecule has 0 bridgehead atoms. The predicted molar refractivity (Wildman–Crippen MR) is 76.3 cm³/mol. The second-order valence-electron chi connectivity index (χ2n) is 4.07. The van der Waals surface area contributed by atoms with Gasteiger partial charge >= 0.3 is 0 Å². The van der Waals surface area contributed by atoms with Gasteiger partial charge in [0.15, 0.2) is 0 Å². The van der Waals surface area contributed by atoms with Gasteiger partial charge in [-0.3, -0.25) is 4.79 Å². The number of hydrogen-bond donors (Lipinski definition) is 1. The Morgan fingerprint density at radius 3 is 3.05 bits per heavy atom. The van der Waals surface area contributed by atoms with E-state index in [-0.39, 0.29) is 5.91 Å². The predicted octanol–water partition coefficient (Wildman–Crippen LogP) is 2.97. The summed E-state index contributed by atoms with van der Waals surface area (Å²) in [5.74, 6) is -0.139. The molecule has 104 valence electrons. The fourth-order valence-electron chi connectivity index (χ4n) is 1.61. The summed E-state index contributed by atoms with van der Waals surface area (Å²) in [5, 5.41) is 3.17. The minimum Gasteiger partial charge on any atom is -0.502 e. The molecule has 5 heteroatoms. The van der Waals surface area contributed by atoms with E-state index in [4.69, 9.17) is 16.3 Å². The van der Waals surface area contributed by atoms with Crippen LogP contribution in [0.1, 0.15) is 35.8 Å². The molecular weight excluding hydrogens is 264 g/mol. The van der Waals surface area contributed by atoms with Crippen LogP contribution in [0.5, 0.6) is 0 Å². The summed E-state index contributed by atoms with van der Waals surface area (Å²) < 4.78 is 4.97. The Hall–Kier alpha value is -1.55. The van der Waals surface area contributed by atoms with Gasteiger partial charge in [0, 0.05) is 17.8 Å². The number of pyridine rings is 1. The Morgan fingerprint density at radius 1 is 1.58 bits per heavy atom. The van der Waals surface area contributed by atoms with Crippen molar-refractivity contribution in [1.29, 1.82) is 0 Å². The number of rotatable bonds is 8. The van der Waals surface area contributed by atoms with Crippen molar-refractivity contribution in [3.05, 3.63) is 41.4 Å². The highest BCUT2D eigenvalue weighted by Gasteiger charge is 2.08. The zero-order valence-corrected chi connectivity index (χ0v) is 11.9. The van der Waals surface area contributed by atoms with Gasteiger partial charge in [0.25, 0.3) is 5.91 Å². The van der Waals surface area contributed by atoms with E-state index in [1.54, 1.807) is 12.1 Å². The summed E-state index contributed by atoms with van der Waals surface area (Å²) in [6, 6.07) is 3.36. The van der Waals surface area contributed by atoms with Crippen LogP contribution in [0.3, 0.4) is 0 Å². The summed E-state index contributed by atoms with van der Waals surface area (Å²) in [4.78, 5) is 16.1. The lowest BCUT2D eigenvalue weighted by Crippen LogP contribution is -2.25. The van der Waals surface area contributed by atoms with Crippen LogP contribution >= 0.6 is 11.6 Å². The van der Waals surface area contributed by atoms with Gasteiger partial charge < -0.3 is 10.1 Å². The molecule has 1 N–H and O–H groups in total. The number of carbonyl (C=O) groups is 1. The average Bonchev–Trinajstić information content (AvgIpc) is 2.38. The third kappa shape index (κ3) is 5.75. The third-order valence-corrected chi connectivity index (χ3v) is 2.65. The Morgan fingerprint density at radius 2 is 2.37 bits per heavy atom. The highest BCUT2D eigenvalue weighted by Crippen LogP contribution is 2.12. The first kappa shape index (κ1) is 15.5. The van der Waals surface area contributed by atoms with Gasteiger partial charge in [0.2, 0.25) is 0 Å². The number of hydrogen-bond acceptors (Lipinski definition) is 3. The zero-order valence-electron chi connectivity index (χ0n) is 11.1. The number of amides is 1. The van der Waals surface area contributed by atoms with E-state index >= 15 is 0 Å². The first-order valence-electron chi connectivity index (χ1n) is 6.34. The van der Waals surface area contributed by atoms with Gasteiger partial charge in [0.1, 0.15) is 5.15 Å². The molecule has 4 nitrogen and oxygen atoms in total. The van der Waals surface area contributed by atoms with Crippen molar-refractivity contribution in [2.75, 3.05) is 13.2 Å². The summed E-state index contributed by atoms with van der Waals surface area (Å²) in [5.41, 5.74) is 1.39. The molecule has 1 amide bonds. The number of ether oxygens (including phenoxy) is 1. The molecule has 0 aliphatic heterocycles. The van der Waals surface area contributed by atoms with Crippen LogP contribution in [-0.4, -0.2) is 24.0 Å². The maximum atomic E-state index is 11.9. The maximum Gasteiger partial charge on any atom is 0.251 e. The number of halogens is 1. The molecule has 0 unspecified atom stereocenters. The maximum absolute atomic E-state index is 11.9. The molecule has 1 aromatic rings. The first-order valence-corrected chi connectivity index (χ1v) is 6.72. The van der Waals surface area contributed by atoms with E-state index in [1.807, 2.05) is 0 Å². The Bertz CT molecular complexity index is 435. The highest BCUT2D eigenvalue weighted by atomic mass is 35.5. The molecule has 0 aromatic carbocycles. The molecule has 0 atom stereocenters. The van der Waals surface area contributed by atoms with Gasteiger partial charge in [-0.1, -0.05) is 31.5 Å². The topological polar surface area (TPSA) is 51.2 Å². The lowest BCUT2D eigenvalue weighted by atomic mass is 10.1. The van der Waals surface area contributed by atoms with Crippen LogP contribution in [-0.2, 0) is 11.2 Å². The molecule has 19 heavy (non-hydrogen) atoms. The monoisotopic (exact) mass is 282 g/mol. The normalized spacial score (nSPS) is 10.0. The van der Waals surface area contributed by atoms with Crippen molar-refractivity contribution in [3.63, 3.8) is 0 Å². The molecule has 1 heterocycles. The van der Waals surface area contributed by atoms with Crippen molar-refractivity contribution >= 4 is 17.5 Å². The van der Waals surface area contributed by atoms with E-state index in [0.29, 0.717) is 23.9 Å². The molecule has 0 saturated heterocycles. The van der Waals surface area contributed by atoms with E-state index < -0.39 is 0 Å². The highest BCUT2D eigenvalue weighted by molar-refractivity contribution is 6.29. The van der Waals surface area contributed by atoms with Crippen LogP contribution in [0.2, 0.25) is 5.15 Å². The number of carbonyl (C=O) groups excluding carboxylic acids is 1. The number of nitrogens with one attached hydrogen (secondary N) is 1. The van der Waals surface area contributed by atoms with Gasteiger partial charge in [0.05, 0.1) is 12.9 Å².